The van der Waals surface area contributed by atoms with Crippen molar-refractivity contribution in [3.8, 4) is 0 Å². The molecule has 2 rings (SSSR count). The largest absolute Gasteiger partial charge is 0.478 e. The van der Waals surface area contributed by atoms with E-state index in [0.29, 0.717) is 17.4 Å². The first-order valence-electron chi connectivity index (χ1n) is 7.66. The molecule has 1 aliphatic carbocycles. The number of hydrogen-bond donors (Lipinski definition) is 2. The molecule has 1 aromatic rings. The van der Waals surface area contributed by atoms with Gasteiger partial charge >= 0.3 is 5.97 Å². The molecule has 1 saturated carbocycles. The predicted molar refractivity (Wildman–Crippen MR) is 79.6 cm³/mol. The number of nitrogens with one attached hydrogen (secondary N) is 1. The molecule has 2 atom stereocenters. The second-order valence-corrected chi connectivity index (χ2v) is 5.97. The van der Waals surface area contributed by atoms with Crippen LogP contribution in [0.3, 0.4) is 0 Å². The van der Waals surface area contributed by atoms with Gasteiger partial charge in [-0.15, -0.1) is 0 Å². The van der Waals surface area contributed by atoms with Gasteiger partial charge in [-0.2, -0.15) is 0 Å². The maximum absolute atomic E-state index is 11.8. The van der Waals surface area contributed by atoms with E-state index >= 15 is 0 Å². The van der Waals surface area contributed by atoms with Crippen molar-refractivity contribution in [3.05, 3.63) is 23.2 Å². The quantitative estimate of drug-likeness (QED) is 0.843. The lowest BCUT2D eigenvalue weighted by atomic mass is 9.89. The van der Waals surface area contributed by atoms with E-state index in [1.54, 1.807) is 6.92 Å². The van der Waals surface area contributed by atoms with Crippen molar-refractivity contribution in [2.24, 2.45) is 5.92 Å². The molecule has 0 aromatic carbocycles. The minimum Gasteiger partial charge on any atom is -0.478 e. The van der Waals surface area contributed by atoms with E-state index in [2.05, 4.69) is 12.2 Å². The normalized spacial score (nSPS) is 21.5. The number of furan rings is 1. The fraction of sp³-hybridized carbons (Fsp3) is 0.625. The SMILES string of the molecule is Cc1oc(CNC(=O)CO[C@H]2CCC[C@H](C)C2)cc1C(=O)O. The van der Waals surface area contributed by atoms with Gasteiger partial charge in [0.25, 0.3) is 0 Å². The van der Waals surface area contributed by atoms with Crippen LogP contribution in [0.15, 0.2) is 10.5 Å². The second-order valence-electron chi connectivity index (χ2n) is 5.97. The fourth-order valence-electron chi connectivity index (χ4n) is 2.80. The third-order valence-corrected chi connectivity index (χ3v) is 4.00. The van der Waals surface area contributed by atoms with Crippen LogP contribution in [0.1, 0.15) is 54.5 Å². The molecule has 0 unspecified atom stereocenters. The predicted octanol–water partition coefficient (Wildman–Crippen LogP) is 2.50. The van der Waals surface area contributed by atoms with Gasteiger partial charge in [0.15, 0.2) is 0 Å². The highest BCUT2D eigenvalue weighted by Crippen LogP contribution is 2.25. The van der Waals surface area contributed by atoms with Crippen molar-refractivity contribution in [2.75, 3.05) is 6.61 Å². The van der Waals surface area contributed by atoms with Gasteiger partial charge in [0, 0.05) is 0 Å². The highest BCUT2D eigenvalue weighted by Gasteiger charge is 2.20. The van der Waals surface area contributed by atoms with E-state index < -0.39 is 5.97 Å². The maximum atomic E-state index is 11.8. The Hall–Kier alpha value is -1.82. The highest BCUT2D eigenvalue weighted by atomic mass is 16.5. The molecule has 0 bridgehead atoms. The average molecular weight is 309 g/mol. The van der Waals surface area contributed by atoms with Crippen molar-refractivity contribution >= 4 is 11.9 Å². The maximum Gasteiger partial charge on any atom is 0.339 e. The molecular weight excluding hydrogens is 286 g/mol. The number of carboxylic acid groups (broad SMARTS) is 1. The van der Waals surface area contributed by atoms with Crippen molar-refractivity contribution < 1.29 is 23.8 Å². The van der Waals surface area contributed by atoms with Gasteiger partial charge in [-0.25, -0.2) is 4.79 Å². The summed E-state index contributed by atoms with van der Waals surface area (Å²) in [6.45, 7) is 3.98. The van der Waals surface area contributed by atoms with Crippen molar-refractivity contribution in [1.29, 1.82) is 0 Å². The van der Waals surface area contributed by atoms with Crippen LogP contribution in [0.4, 0.5) is 0 Å². The van der Waals surface area contributed by atoms with Crippen LogP contribution < -0.4 is 5.32 Å². The molecule has 1 amide bonds. The number of carboxylic acids is 1. The zero-order chi connectivity index (χ0) is 16.1. The van der Waals surface area contributed by atoms with Gasteiger partial charge in [0.2, 0.25) is 5.91 Å². The molecule has 6 nitrogen and oxygen atoms in total. The standard InChI is InChI=1S/C16H23NO5/c1-10-4-3-5-12(6-10)21-9-15(18)17-8-13-7-14(16(19)20)11(2)22-13/h7,10,12H,3-6,8-9H2,1-2H3,(H,17,18)(H,19,20)/t10-,12-/m0/s1. The van der Waals surface area contributed by atoms with Gasteiger partial charge in [0.1, 0.15) is 23.7 Å². The lowest BCUT2D eigenvalue weighted by Crippen LogP contribution is -2.31. The Morgan fingerprint density at radius 3 is 2.86 bits per heavy atom. The lowest BCUT2D eigenvalue weighted by molar-refractivity contribution is -0.129. The molecule has 0 radical (unpaired) electrons. The molecule has 22 heavy (non-hydrogen) atoms. The second kappa shape index (κ2) is 7.45. The molecule has 1 aromatic heterocycles. The zero-order valence-electron chi connectivity index (χ0n) is 13.1. The summed E-state index contributed by atoms with van der Waals surface area (Å²) in [7, 11) is 0. The van der Waals surface area contributed by atoms with Crippen molar-refractivity contribution in [2.45, 2.75) is 52.2 Å². The minimum absolute atomic E-state index is 0.0306. The minimum atomic E-state index is -1.03. The highest BCUT2D eigenvalue weighted by molar-refractivity contribution is 5.88. The van der Waals surface area contributed by atoms with E-state index in [0.717, 1.165) is 19.3 Å². The number of amides is 1. The number of carbonyl (C=O) groups is 2. The average Bonchev–Trinajstić information content (AvgIpc) is 2.84. The van der Waals surface area contributed by atoms with E-state index in [4.69, 9.17) is 14.3 Å². The van der Waals surface area contributed by atoms with Crippen LogP contribution in [0.5, 0.6) is 0 Å². The van der Waals surface area contributed by atoms with Gasteiger partial charge in [-0.3, -0.25) is 4.79 Å². The summed E-state index contributed by atoms with van der Waals surface area (Å²) in [5.74, 6) is 0.166. The first-order valence-corrected chi connectivity index (χ1v) is 7.66. The van der Waals surface area contributed by atoms with Gasteiger partial charge in [-0.05, 0) is 31.7 Å². The van der Waals surface area contributed by atoms with Crippen LogP contribution >= 0.6 is 0 Å². The van der Waals surface area contributed by atoms with Gasteiger partial charge in [-0.1, -0.05) is 19.8 Å². The zero-order valence-corrected chi connectivity index (χ0v) is 13.1. The Bertz CT molecular complexity index is 537. The summed E-state index contributed by atoms with van der Waals surface area (Å²) in [4.78, 5) is 22.7. The summed E-state index contributed by atoms with van der Waals surface area (Å²) in [5, 5.41) is 11.6. The van der Waals surface area contributed by atoms with Crippen LogP contribution in [0, 0.1) is 12.8 Å². The number of aryl methyl sites for hydroxylation is 1. The number of rotatable bonds is 6. The molecule has 1 aliphatic rings. The van der Waals surface area contributed by atoms with Gasteiger partial charge in [0.05, 0.1) is 12.6 Å². The molecule has 1 fully saturated rings. The molecule has 0 aliphatic heterocycles. The third-order valence-electron chi connectivity index (χ3n) is 4.00. The smallest absolute Gasteiger partial charge is 0.339 e. The Morgan fingerprint density at radius 2 is 2.23 bits per heavy atom. The summed E-state index contributed by atoms with van der Waals surface area (Å²) in [6.07, 6.45) is 4.57. The first-order chi connectivity index (χ1) is 10.5. The molecule has 0 spiro atoms. The molecule has 2 N–H and O–H groups in total. The molecule has 1 heterocycles. The summed E-state index contributed by atoms with van der Waals surface area (Å²) in [6, 6.07) is 1.43. The number of carbonyl (C=O) groups excluding carboxylic acids is 1. The number of hydrogen-bond acceptors (Lipinski definition) is 4. The summed E-state index contributed by atoms with van der Waals surface area (Å²) in [5.41, 5.74) is 0.122. The van der Waals surface area contributed by atoms with Crippen LogP contribution in [-0.4, -0.2) is 29.7 Å². The molecule has 0 saturated heterocycles. The van der Waals surface area contributed by atoms with E-state index in [1.165, 1.54) is 12.5 Å². The van der Waals surface area contributed by atoms with Crippen LogP contribution in [0.25, 0.3) is 0 Å². The van der Waals surface area contributed by atoms with Crippen LogP contribution in [-0.2, 0) is 16.1 Å². The summed E-state index contributed by atoms with van der Waals surface area (Å²) < 4.78 is 10.9. The Kier molecular flexibility index (Phi) is 5.60. The Balaban J connectivity index is 1.73. The molecular formula is C16H23NO5. The molecule has 6 heteroatoms. The van der Waals surface area contributed by atoms with Crippen LogP contribution in [0.2, 0.25) is 0 Å². The number of ether oxygens (including phenoxy) is 1. The van der Waals surface area contributed by atoms with E-state index in [1.807, 2.05) is 0 Å². The summed E-state index contributed by atoms with van der Waals surface area (Å²) >= 11 is 0. The van der Waals surface area contributed by atoms with Crippen molar-refractivity contribution in [3.63, 3.8) is 0 Å². The third kappa shape index (κ3) is 4.59. The monoisotopic (exact) mass is 309 g/mol. The topological polar surface area (TPSA) is 88.8 Å². The molecule has 122 valence electrons. The lowest BCUT2D eigenvalue weighted by Gasteiger charge is -2.26. The van der Waals surface area contributed by atoms with E-state index in [9.17, 15) is 9.59 Å². The first kappa shape index (κ1) is 16.5. The van der Waals surface area contributed by atoms with E-state index in [-0.39, 0.29) is 30.7 Å². The van der Waals surface area contributed by atoms with Crippen molar-refractivity contribution in [1.82, 2.24) is 5.32 Å². The Morgan fingerprint density at radius 1 is 1.45 bits per heavy atom. The van der Waals surface area contributed by atoms with Gasteiger partial charge < -0.3 is 19.6 Å². The fourth-order valence-corrected chi connectivity index (χ4v) is 2.80. The Labute approximate surface area is 129 Å². The number of aromatic carboxylic acids is 1.